The Labute approximate surface area is 94.3 Å². The van der Waals surface area contributed by atoms with Crippen molar-refractivity contribution in [3.05, 3.63) is 34.9 Å². The molecule has 0 aliphatic carbocycles. The number of fused-ring (bicyclic) bond motifs is 1. The Hall–Kier alpha value is -2.08. The highest BCUT2D eigenvalue weighted by atomic mass is 16.5. The number of ether oxygens (including phenoxy) is 1. The molecule has 0 spiro atoms. The highest BCUT2D eigenvalue weighted by Gasteiger charge is 2.07. The molecule has 80 valence electrons. The summed E-state index contributed by atoms with van der Waals surface area (Å²) in [7, 11) is 1.52. The summed E-state index contributed by atoms with van der Waals surface area (Å²) in [4.78, 5) is 4.32. The van der Waals surface area contributed by atoms with Crippen LogP contribution in [-0.4, -0.2) is 12.1 Å². The van der Waals surface area contributed by atoms with Crippen molar-refractivity contribution in [2.24, 2.45) is 0 Å². The summed E-state index contributed by atoms with van der Waals surface area (Å²) >= 11 is 0. The third-order valence-corrected chi connectivity index (χ3v) is 2.71. The van der Waals surface area contributed by atoms with Crippen LogP contribution in [0.25, 0.3) is 10.9 Å². The number of aryl methyl sites for hydroxylation is 2. The lowest BCUT2D eigenvalue weighted by Crippen LogP contribution is -1.94. The van der Waals surface area contributed by atoms with Crippen LogP contribution in [0.4, 0.5) is 0 Å². The first-order valence-electron chi connectivity index (χ1n) is 5.02. The SMILES string of the molecule is COc1nc2cc(C)c(C)cc2cc1C#N. The number of rotatable bonds is 1. The summed E-state index contributed by atoms with van der Waals surface area (Å²) in [5.41, 5.74) is 3.72. The van der Waals surface area contributed by atoms with Crippen LogP contribution < -0.4 is 4.74 Å². The lowest BCUT2D eigenvalue weighted by molar-refractivity contribution is 0.398. The molecule has 3 nitrogen and oxygen atoms in total. The first kappa shape index (κ1) is 10.4. The summed E-state index contributed by atoms with van der Waals surface area (Å²) in [6.07, 6.45) is 0. The topological polar surface area (TPSA) is 45.9 Å². The van der Waals surface area contributed by atoms with Gasteiger partial charge in [-0.3, -0.25) is 0 Å². The largest absolute Gasteiger partial charge is 0.480 e. The van der Waals surface area contributed by atoms with Gasteiger partial charge in [-0.2, -0.15) is 5.26 Å². The van der Waals surface area contributed by atoms with Gasteiger partial charge in [-0.15, -0.1) is 0 Å². The fraction of sp³-hybridized carbons (Fsp3) is 0.231. The third kappa shape index (κ3) is 1.59. The second-order valence-electron chi connectivity index (χ2n) is 3.79. The molecule has 0 saturated carbocycles. The van der Waals surface area contributed by atoms with Gasteiger partial charge in [0.05, 0.1) is 12.6 Å². The Morgan fingerprint density at radius 3 is 2.50 bits per heavy atom. The van der Waals surface area contributed by atoms with E-state index in [4.69, 9.17) is 10.00 Å². The first-order chi connectivity index (χ1) is 7.65. The molecule has 2 rings (SSSR count). The summed E-state index contributed by atoms with van der Waals surface area (Å²) in [5, 5.41) is 9.94. The van der Waals surface area contributed by atoms with Crippen molar-refractivity contribution >= 4 is 10.9 Å². The van der Waals surface area contributed by atoms with Crippen LogP contribution in [0.2, 0.25) is 0 Å². The Balaban J connectivity index is 2.80. The van der Waals surface area contributed by atoms with Crippen LogP contribution in [0.5, 0.6) is 5.88 Å². The molecular weight excluding hydrogens is 200 g/mol. The Kier molecular flexibility index (Phi) is 2.49. The smallest absolute Gasteiger partial charge is 0.231 e. The van der Waals surface area contributed by atoms with Crippen LogP contribution in [0.1, 0.15) is 16.7 Å². The van der Waals surface area contributed by atoms with E-state index in [9.17, 15) is 0 Å². The van der Waals surface area contributed by atoms with Gasteiger partial charge in [0.15, 0.2) is 0 Å². The van der Waals surface area contributed by atoms with E-state index in [2.05, 4.69) is 11.1 Å². The normalized spacial score (nSPS) is 10.1. The molecule has 0 fully saturated rings. The van der Waals surface area contributed by atoms with Gasteiger partial charge in [-0.05, 0) is 43.2 Å². The molecule has 0 aliphatic heterocycles. The first-order valence-corrected chi connectivity index (χ1v) is 5.02. The van der Waals surface area contributed by atoms with Gasteiger partial charge in [0.1, 0.15) is 11.6 Å². The van der Waals surface area contributed by atoms with Gasteiger partial charge in [0.25, 0.3) is 0 Å². The van der Waals surface area contributed by atoms with Gasteiger partial charge in [-0.25, -0.2) is 4.98 Å². The summed E-state index contributed by atoms with van der Waals surface area (Å²) in [5.74, 6) is 0.387. The zero-order chi connectivity index (χ0) is 11.7. The third-order valence-electron chi connectivity index (χ3n) is 2.71. The molecule has 1 aromatic heterocycles. The van der Waals surface area contributed by atoms with E-state index in [0.29, 0.717) is 11.4 Å². The van der Waals surface area contributed by atoms with E-state index < -0.39 is 0 Å². The zero-order valence-corrected chi connectivity index (χ0v) is 9.53. The van der Waals surface area contributed by atoms with Gasteiger partial charge < -0.3 is 4.74 Å². The molecule has 3 heteroatoms. The molecule has 1 heterocycles. The lowest BCUT2D eigenvalue weighted by Gasteiger charge is -2.06. The average Bonchev–Trinajstić information content (AvgIpc) is 2.29. The minimum Gasteiger partial charge on any atom is -0.480 e. The maximum absolute atomic E-state index is 8.96. The zero-order valence-electron chi connectivity index (χ0n) is 9.53. The van der Waals surface area contributed by atoms with Crippen LogP contribution in [0.3, 0.4) is 0 Å². The van der Waals surface area contributed by atoms with E-state index in [1.165, 1.54) is 18.2 Å². The molecular formula is C13H12N2O. The van der Waals surface area contributed by atoms with Gasteiger partial charge >= 0.3 is 0 Å². The van der Waals surface area contributed by atoms with E-state index in [0.717, 1.165) is 10.9 Å². The molecule has 0 saturated heterocycles. The molecule has 0 N–H and O–H groups in total. The van der Waals surface area contributed by atoms with Crippen LogP contribution >= 0.6 is 0 Å². The Bertz CT molecular complexity index is 597. The summed E-state index contributed by atoms with van der Waals surface area (Å²) in [6, 6.07) is 7.95. The molecule has 0 amide bonds. The summed E-state index contributed by atoms with van der Waals surface area (Å²) in [6.45, 7) is 4.09. The van der Waals surface area contributed by atoms with Crippen LogP contribution in [0.15, 0.2) is 18.2 Å². The van der Waals surface area contributed by atoms with Crippen molar-refractivity contribution in [2.75, 3.05) is 7.11 Å². The molecule has 0 bridgehead atoms. The molecule has 0 radical (unpaired) electrons. The van der Waals surface area contributed by atoms with Crippen molar-refractivity contribution in [3.63, 3.8) is 0 Å². The number of nitrogens with zero attached hydrogens (tertiary/aromatic N) is 2. The molecule has 16 heavy (non-hydrogen) atoms. The quantitative estimate of drug-likeness (QED) is 0.730. The standard InChI is InChI=1S/C13H12N2O/c1-8-4-10-6-11(7-14)13(16-3)15-12(10)5-9(8)2/h4-6H,1-3H3. The average molecular weight is 212 g/mol. The highest BCUT2D eigenvalue weighted by Crippen LogP contribution is 2.23. The van der Waals surface area contributed by atoms with E-state index in [1.807, 2.05) is 32.0 Å². The number of nitriles is 1. The molecule has 2 aromatic rings. The van der Waals surface area contributed by atoms with Crippen molar-refractivity contribution in [1.82, 2.24) is 4.98 Å². The van der Waals surface area contributed by atoms with Gasteiger partial charge in [0.2, 0.25) is 5.88 Å². The van der Waals surface area contributed by atoms with Crippen LogP contribution in [0, 0.1) is 25.2 Å². The predicted molar refractivity (Wildman–Crippen MR) is 62.5 cm³/mol. The van der Waals surface area contributed by atoms with E-state index in [-0.39, 0.29) is 0 Å². The second-order valence-corrected chi connectivity index (χ2v) is 3.79. The maximum Gasteiger partial charge on any atom is 0.231 e. The molecule has 0 atom stereocenters. The minimum absolute atomic E-state index is 0.387. The Morgan fingerprint density at radius 1 is 1.19 bits per heavy atom. The number of benzene rings is 1. The van der Waals surface area contributed by atoms with Gasteiger partial charge in [-0.1, -0.05) is 0 Å². The fourth-order valence-electron chi connectivity index (χ4n) is 1.66. The second kappa shape index (κ2) is 3.82. The van der Waals surface area contributed by atoms with Crippen molar-refractivity contribution in [2.45, 2.75) is 13.8 Å². The van der Waals surface area contributed by atoms with E-state index in [1.54, 1.807) is 0 Å². The fourth-order valence-corrected chi connectivity index (χ4v) is 1.66. The van der Waals surface area contributed by atoms with Gasteiger partial charge in [0, 0.05) is 5.39 Å². The number of methoxy groups -OCH3 is 1. The van der Waals surface area contributed by atoms with Crippen molar-refractivity contribution in [1.29, 1.82) is 5.26 Å². The lowest BCUT2D eigenvalue weighted by atomic mass is 10.1. The summed E-state index contributed by atoms with van der Waals surface area (Å²) < 4.78 is 5.08. The Morgan fingerprint density at radius 2 is 1.88 bits per heavy atom. The minimum atomic E-state index is 0.387. The molecule has 0 unspecified atom stereocenters. The van der Waals surface area contributed by atoms with Crippen molar-refractivity contribution in [3.8, 4) is 11.9 Å². The highest BCUT2D eigenvalue weighted by molar-refractivity contribution is 5.82. The number of hydrogen-bond acceptors (Lipinski definition) is 3. The maximum atomic E-state index is 8.96. The molecule has 0 aliphatic rings. The number of hydrogen-bond donors (Lipinski definition) is 0. The molecule has 1 aromatic carbocycles. The van der Waals surface area contributed by atoms with E-state index >= 15 is 0 Å². The number of aromatic nitrogens is 1. The predicted octanol–water partition coefficient (Wildman–Crippen LogP) is 2.73. The van der Waals surface area contributed by atoms with Crippen molar-refractivity contribution < 1.29 is 4.74 Å². The van der Waals surface area contributed by atoms with Crippen LogP contribution in [-0.2, 0) is 0 Å². The number of pyridine rings is 1. The monoisotopic (exact) mass is 212 g/mol.